The molecule has 1 aliphatic carbocycles. The largest absolute Gasteiger partial charge is 0.481 e. The topological polar surface area (TPSA) is 78.9 Å². The van der Waals surface area contributed by atoms with Gasteiger partial charge in [0.25, 0.3) is 0 Å². The fraction of sp³-hybridized carbons (Fsp3) is 0.579. The standard InChI is InChI=1S/C19H24F2N2O4.ClH/c20-18(21)27-15-5-3-13(4-6-15)7-9-22-16(24)11-23-10-14-2-1-8-19(14,12-23)17(25)26;/h3-6,14,18H,1-2,7-12H2,(H,22,24)(H,25,26);1H/t14-,19+;/m0./s1. The fourth-order valence-electron chi connectivity index (χ4n) is 4.31. The highest BCUT2D eigenvalue weighted by atomic mass is 35.5. The molecule has 6 nitrogen and oxygen atoms in total. The van der Waals surface area contributed by atoms with Crippen molar-refractivity contribution in [1.29, 1.82) is 0 Å². The number of nitrogens with one attached hydrogen (secondary N) is 1. The number of rotatable bonds is 8. The van der Waals surface area contributed by atoms with E-state index in [0.717, 1.165) is 18.4 Å². The van der Waals surface area contributed by atoms with Crippen LogP contribution in [-0.2, 0) is 16.0 Å². The molecule has 0 unspecified atom stereocenters. The minimum Gasteiger partial charge on any atom is -0.481 e. The molecule has 156 valence electrons. The smallest absolute Gasteiger partial charge is 0.387 e. The molecule has 0 spiro atoms. The highest BCUT2D eigenvalue weighted by Gasteiger charge is 2.54. The Morgan fingerprint density at radius 3 is 2.64 bits per heavy atom. The van der Waals surface area contributed by atoms with Crippen LogP contribution in [0.5, 0.6) is 5.75 Å². The van der Waals surface area contributed by atoms with E-state index >= 15 is 0 Å². The molecule has 1 saturated heterocycles. The Balaban J connectivity index is 0.00000280. The number of likely N-dealkylation sites (tertiary alicyclic amines) is 1. The Hall–Kier alpha value is -1.93. The second kappa shape index (κ2) is 9.52. The lowest BCUT2D eigenvalue weighted by molar-refractivity contribution is -0.149. The van der Waals surface area contributed by atoms with Gasteiger partial charge in [0.2, 0.25) is 5.91 Å². The summed E-state index contributed by atoms with van der Waals surface area (Å²) in [6.07, 6.45) is 3.12. The lowest BCUT2D eigenvalue weighted by Gasteiger charge is -2.23. The van der Waals surface area contributed by atoms with Crippen LogP contribution in [0.4, 0.5) is 8.78 Å². The third-order valence-electron chi connectivity index (χ3n) is 5.62. The molecule has 2 atom stereocenters. The first-order valence-electron chi connectivity index (χ1n) is 9.15. The summed E-state index contributed by atoms with van der Waals surface area (Å²) in [5, 5.41) is 12.4. The average Bonchev–Trinajstić information content (AvgIpc) is 3.14. The summed E-state index contributed by atoms with van der Waals surface area (Å²) in [7, 11) is 0. The van der Waals surface area contributed by atoms with E-state index in [1.807, 2.05) is 4.90 Å². The molecule has 1 aromatic rings. The highest BCUT2D eigenvalue weighted by molar-refractivity contribution is 5.85. The van der Waals surface area contributed by atoms with Gasteiger partial charge in [0.1, 0.15) is 5.75 Å². The second-order valence-electron chi connectivity index (χ2n) is 7.34. The third kappa shape index (κ3) is 5.11. The van der Waals surface area contributed by atoms with Gasteiger partial charge in [0.05, 0.1) is 12.0 Å². The van der Waals surface area contributed by atoms with E-state index in [1.165, 1.54) is 12.1 Å². The molecule has 2 fully saturated rings. The van der Waals surface area contributed by atoms with Gasteiger partial charge in [-0.2, -0.15) is 8.78 Å². The second-order valence-corrected chi connectivity index (χ2v) is 7.34. The minimum atomic E-state index is -2.85. The van der Waals surface area contributed by atoms with Crippen LogP contribution in [-0.4, -0.2) is 54.7 Å². The molecule has 0 radical (unpaired) electrons. The number of fused-ring (bicyclic) bond motifs is 1. The van der Waals surface area contributed by atoms with Crippen molar-refractivity contribution in [3.05, 3.63) is 29.8 Å². The van der Waals surface area contributed by atoms with Crippen molar-refractivity contribution in [1.82, 2.24) is 10.2 Å². The number of carbonyl (C=O) groups excluding carboxylic acids is 1. The summed E-state index contributed by atoms with van der Waals surface area (Å²) < 4.78 is 28.5. The summed E-state index contributed by atoms with van der Waals surface area (Å²) in [6.45, 7) is -1.13. The van der Waals surface area contributed by atoms with Crippen LogP contribution in [0.25, 0.3) is 0 Å². The Bertz CT molecular complexity index is 689. The molecular formula is C19H25ClF2N2O4. The maximum Gasteiger partial charge on any atom is 0.387 e. The zero-order chi connectivity index (χ0) is 19.4. The van der Waals surface area contributed by atoms with Gasteiger partial charge in [-0.15, -0.1) is 12.4 Å². The number of carboxylic acids is 1. The van der Waals surface area contributed by atoms with Crippen molar-refractivity contribution >= 4 is 24.3 Å². The highest BCUT2D eigenvalue weighted by Crippen LogP contribution is 2.48. The number of carbonyl (C=O) groups is 2. The summed E-state index contributed by atoms with van der Waals surface area (Å²) in [4.78, 5) is 25.8. The number of amides is 1. The number of halogens is 3. The van der Waals surface area contributed by atoms with Crippen LogP contribution < -0.4 is 10.1 Å². The van der Waals surface area contributed by atoms with Gasteiger partial charge in [-0.1, -0.05) is 18.6 Å². The molecule has 3 rings (SSSR count). The van der Waals surface area contributed by atoms with E-state index in [2.05, 4.69) is 10.1 Å². The van der Waals surface area contributed by atoms with Crippen LogP contribution in [0, 0.1) is 11.3 Å². The van der Waals surface area contributed by atoms with Crippen molar-refractivity contribution < 1.29 is 28.2 Å². The predicted octanol–water partition coefficient (Wildman–Crippen LogP) is 2.56. The molecule has 2 N–H and O–H groups in total. The number of ether oxygens (including phenoxy) is 1. The van der Waals surface area contributed by atoms with Crippen LogP contribution in [0.3, 0.4) is 0 Å². The van der Waals surface area contributed by atoms with Crippen molar-refractivity contribution in [3.8, 4) is 5.75 Å². The molecule has 28 heavy (non-hydrogen) atoms. The summed E-state index contributed by atoms with van der Waals surface area (Å²) in [5.41, 5.74) is 0.222. The van der Waals surface area contributed by atoms with Crippen LogP contribution in [0.15, 0.2) is 24.3 Å². The van der Waals surface area contributed by atoms with Gasteiger partial charge in [0.15, 0.2) is 0 Å². The monoisotopic (exact) mass is 418 g/mol. The molecule has 1 aliphatic heterocycles. The Morgan fingerprint density at radius 2 is 2.04 bits per heavy atom. The average molecular weight is 419 g/mol. The molecule has 0 bridgehead atoms. The predicted molar refractivity (Wildman–Crippen MR) is 101 cm³/mol. The molecule has 1 saturated carbocycles. The van der Waals surface area contributed by atoms with Gasteiger partial charge >= 0.3 is 12.6 Å². The van der Waals surface area contributed by atoms with Gasteiger partial charge in [0, 0.05) is 19.6 Å². The first kappa shape index (κ1) is 22.4. The maximum absolute atomic E-state index is 12.2. The first-order chi connectivity index (χ1) is 12.9. The quantitative estimate of drug-likeness (QED) is 0.678. The summed E-state index contributed by atoms with van der Waals surface area (Å²) in [6, 6.07) is 6.31. The van der Waals surface area contributed by atoms with E-state index in [1.54, 1.807) is 12.1 Å². The molecule has 9 heteroatoms. The summed E-state index contributed by atoms with van der Waals surface area (Å²) in [5.74, 6) is -0.637. The Kier molecular flexibility index (Phi) is 7.60. The van der Waals surface area contributed by atoms with Crippen LogP contribution in [0.2, 0.25) is 0 Å². The van der Waals surface area contributed by atoms with Crippen molar-refractivity contribution in [2.75, 3.05) is 26.2 Å². The van der Waals surface area contributed by atoms with E-state index < -0.39 is 18.0 Å². The van der Waals surface area contributed by atoms with E-state index in [9.17, 15) is 23.5 Å². The Morgan fingerprint density at radius 1 is 1.32 bits per heavy atom. The molecule has 1 aromatic carbocycles. The van der Waals surface area contributed by atoms with E-state index in [-0.39, 0.29) is 36.5 Å². The number of hydrogen-bond donors (Lipinski definition) is 2. The zero-order valence-electron chi connectivity index (χ0n) is 15.4. The first-order valence-corrected chi connectivity index (χ1v) is 9.15. The zero-order valence-corrected chi connectivity index (χ0v) is 16.2. The van der Waals surface area contributed by atoms with E-state index in [0.29, 0.717) is 32.5 Å². The van der Waals surface area contributed by atoms with Gasteiger partial charge in [-0.3, -0.25) is 14.5 Å². The van der Waals surface area contributed by atoms with Crippen molar-refractivity contribution in [2.45, 2.75) is 32.3 Å². The van der Waals surface area contributed by atoms with Gasteiger partial charge < -0.3 is 15.2 Å². The van der Waals surface area contributed by atoms with Gasteiger partial charge in [-0.25, -0.2) is 0 Å². The lowest BCUT2D eigenvalue weighted by Crippen LogP contribution is -2.39. The van der Waals surface area contributed by atoms with Crippen molar-refractivity contribution in [3.63, 3.8) is 0 Å². The number of hydrogen-bond acceptors (Lipinski definition) is 4. The summed E-state index contributed by atoms with van der Waals surface area (Å²) >= 11 is 0. The molecule has 1 amide bonds. The number of alkyl halides is 2. The molecule has 2 aliphatic rings. The number of nitrogens with zero attached hydrogens (tertiary/aromatic N) is 1. The van der Waals surface area contributed by atoms with Crippen LogP contribution in [0.1, 0.15) is 24.8 Å². The molecular weight excluding hydrogens is 394 g/mol. The van der Waals surface area contributed by atoms with Crippen LogP contribution >= 0.6 is 12.4 Å². The van der Waals surface area contributed by atoms with E-state index in [4.69, 9.17) is 0 Å². The van der Waals surface area contributed by atoms with Gasteiger partial charge in [-0.05, 0) is 42.9 Å². The third-order valence-corrected chi connectivity index (χ3v) is 5.62. The minimum absolute atomic E-state index is 0. The lowest BCUT2D eigenvalue weighted by atomic mass is 9.81. The normalized spacial score (nSPS) is 23.9. The molecule has 0 aromatic heterocycles. The molecule has 1 heterocycles. The SMILES string of the molecule is Cl.O=C(CN1C[C@@H]2CCC[C@@]2(C(=O)O)C1)NCCc1ccc(OC(F)F)cc1. The number of carboxylic acid groups (broad SMARTS) is 1. The maximum atomic E-state index is 12.2. The van der Waals surface area contributed by atoms with Crippen molar-refractivity contribution in [2.24, 2.45) is 11.3 Å². The number of benzene rings is 1. The number of aliphatic carboxylic acids is 1. The fourth-order valence-corrected chi connectivity index (χ4v) is 4.31. The Labute approximate surface area is 168 Å².